The van der Waals surface area contributed by atoms with E-state index in [-0.39, 0.29) is 11.6 Å². The van der Waals surface area contributed by atoms with Crippen molar-refractivity contribution in [1.82, 2.24) is 0 Å². The smallest absolute Gasteiger partial charge is 0.306 e. The molecule has 0 aromatic carbocycles. The quantitative estimate of drug-likeness (QED) is 0.718. The van der Waals surface area contributed by atoms with Gasteiger partial charge < -0.3 is 9.47 Å². The highest BCUT2D eigenvalue weighted by Crippen LogP contribution is 2.56. The van der Waals surface area contributed by atoms with Gasteiger partial charge in [-0.05, 0) is 63.9 Å². The molecule has 3 heteroatoms. The molecule has 2 aliphatic carbocycles. The highest BCUT2D eigenvalue weighted by atomic mass is 16.6. The first-order valence-electron chi connectivity index (χ1n) is 7.46. The van der Waals surface area contributed by atoms with Gasteiger partial charge >= 0.3 is 5.97 Å². The summed E-state index contributed by atoms with van der Waals surface area (Å²) in [5, 5.41) is 0. The molecule has 5 unspecified atom stereocenters. The molecular weight excluding hydrogens is 240 g/mol. The van der Waals surface area contributed by atoms with E-state index in [1.807, 2.05) is 27.0 Å². The summed E-state index contributed by atoms with van der Waals surface area (Å²) in [5.74, 6) is 2.44. The van der Waals surface area contributed by atoms with E-state index in [9.17, 15) is 4.79 Å². The first-order valence-corrected chi connectivity index (χ1v) is 7.46. The normalized spacial score (nSPS) is 39.8. The Morgan fingerprint density at radius 1 is 1.32 bits per heavy atom. The lowest BCUT2D eigenvalue weighted by atomic mass is 9.76. The van der Waals surface area contributed by atoms with E-state index in [1.54, 1.807) is 0 Å². The fourth-order valence-corrected chi connectivity index (χ4v) is 4.26. The number of allylic oxidation sites excluding steroid dienone is 1. The lowest BCUT2D eigenvalue weighted by molar-refractivity contribution is -0.157. The van der Waals surface area contributed by atoms with Crippen LogP contribution in [-0.2, 0) is 14.3 Å². The fourth-order valence-electron chi connectivity index (χ4n) is 4.26. The van der Waals surface area contributed by atoms with E-state index < -0.39 is 0 Å². The summed E-state index contributed by atoms with van der Waals surface area (Å²) in [6.45, 7) is 5.78. The Labute approximate surface area is 115 Å². The zero-order chi connectivity index (χ0) is 13.6. The molecule has 0 aromatic rings. The number of esters is 1. The van der Waals surface area contributed by atoms with Crippen molar-refractivity contribution in [2.75, 3.05) is 0 Å². The Balaban J connectivity index is 1.60. The average Bonchev–Trinajstić information content (AvgIpc) is 2.85. The monoisotopic (exact) mass is 264 g/mol. The molecule has 19 heavy (non-hydrogen) atoms. The summed E-state index contributed by atoms with van der Waals surface area (Å²) >= 11 is 0. The van der Waals surface area contributed by atoms with Crippen molar-refractivity contribution in [2.45, 2.75) is 58.2 Å². The maximum absolute atomic E-state index is 12.0. The third-order valence-corrected chi connectivity index (χ3v) is 4.82. The predicted molar refractivity (Wildman–Crippen MR) is 72.3 cm³/mol. The molecule has 0 aromatic heterocycles. The molecule has 2 fully saturated rings. The van der Waals surface area contributed by atoms with Crippen molar-refractivity contribution in [3.05, 3.63) is 12.3 Å². The molecule has 1 aliphatic heterocycles. The molecule has 0 saturated heterocycles. The van der Waals surface area contributed by atoms with Crippen LogP contribution in [0.25, 0.3) is 0 Å². The number of carbonyl (C=O) groups excluding carboxylic acids is 1. The number of fused-ring (bicyclic) bond motifs is 5. The third-order valence-electron chi connectivity index (χ3n) is 4.82. The van der Waals surface area contributed by atoms with Gasteiger partial charge in [0.25, 0.3) is 0 Å². The topological polar surface area (TPSA) is 35.5 Å². The van der Waals surface area contributed by atoms with Crippen molar-refractivity contribution in [3.8, 4) is 0 Å². The van der Waals surface area contributed by atoms with Crippen LogP contribution in [0.4, 0.5) is 0 Å². The molecule has 0 radical (unpaired) electrons. The largest absolute Gasteiger partial charge is 0.498 e. The Hall–Kier alpha value is -0.990. The summed E-state index contributed by atoms with van der Waals surface area (Å²) in [6, 6.07) is 0. The van der Waals surface area contributed by atoms with Gasteiger partial charge in [0.1, 0.15) is 11.7 Å². The summed E-state index contributed by atoms with van der Waals surface area (Å²) in [7, 11) is 0. The lowest BCUT2D eigenvalue weighted by Gasteiger charge is -2.36. The molecule has 0 amide bonds. The van der Waals surface area contributed by atoms with Gasteiger partial charge in [-0.2, -0.15) is 0 Å². The zero-order valence-electron chi connectivity index (χ0n) is 12.1. The van der Waals surface area contributed by atoms with Crippen molar-refractivity contribution >= 4 is 5.97 Å². The van der Waals surface area contributed by atoms with E-state index in [0.29, 0.717) is 30.3 Å². The molecule has 2 saturated carbocycles. The molecule has 3 nitrogen and oxygen atoms in total. The number of hydrogen-bond donors (Lipinski definition) is 0. The molecule has 106 valence electrons. The second-order valence-electron chi connectivity index (χ2n) is 7.32. The van der Waals surface area contributed by atoms with Gasteiger partial charge in [0.2, 0.25) is 0 Å². The van der Waals surface area contributed by atoms with Crippen LogP contribution in [0.3, 0.4) is 0 Å². The second kappa shape index (κ2) is 4.53. The van der Waals surface area contributed by atoms with Gasteiger partial charge in [0.15, 0.2) is 0 Å². The van der Waals surface area contributed by atoms with Gasteiger partial charge in [0.05, 0.1) is 6.26 Å². The number of hydrogen-bond acceptors (Lipinski definition) is 3. The summed E-state index contributed by atoms with van der Waals surface area (Å²) < 4.78 is 11.3. The van der Waals surface area contributed by atoms with Gasteiger partial charge in [-0.3, -0.25) is 4.79 Å². The molecule has 3 aliphatic rings. The molecule has 2 bridgehead atoms. The van der Waals surface area contributed by atoms with E-state index in [2.05, 4.69) is 6.08 Å². The summed E-state index contributed by atoms with van der Waals surface area (Å²) in [4.78, 5) is 12.0. The van der Waals surface area contributed by atoms with Gasteiger partial charge in [-0.25, -0.2) is 0 Å². The number of ether oxygens (including phenoxy) is 2. The van der Waals surface area contributed by atoms with Gasteiger partial charge in [0, 0.05) is 12.3 Å². The summed E-state index contributed by atoms with van der Waals surface area (Å²) in [6.07, 6.45) is 8.50. The van der Waals surface area contributed by atoms with Crippen LogP contribution in [0.1, 0.15) is 46.5 Å². The lowest BCUT2D eigenvalue weighted by Crippen LogP contribution is -2.36. The van der Waals surface area contributed by atoms with E-state index in [4.69, 9.17) is 9.47 Å². The van der Waals surface area contributed by atoms with Crippen LogP contribution in [0.5, 0.6) is 0 Å². The summed E-state index contributed by atoms with van der Waals surface area (Å²) in [5.41, 5.74) is -0.374. The van der Waals surface area contributed by atoms with Crippen molar-refractivity contribution in [2.24, 2.45) is 23.7 Å². The molecule has 3 rings (SSSR count). The minimum Gasteiger partial charge on any atom is -0.498 e. The predicted octanol–water partition coefficient (Wildman–Crippen LogP) is 3.29. The number of carbonyl (C=O) groups is 1. The highest BCUT2D eigenvalue weighted by molar-refractivity contribution is 5.70. The molecule has 0 N–H and O–H groups in total. The van der Waals surface area contributed by atoms with E-state index >= 15 is 0 Å². The van der Waals surface area contributed by atoms with Crippen LogP contribution in [0.15, 0.2) is 12.3 Å². The third kappa shape index (κ3) is 2.52. The molecule has 1 heterocycles. The Morgan fingerprint density at radius 2 is 2.11 bits per heavy atom. The molecule has 5 atom stereocenters. The Bertz CT molecular complexity index is 393. The number of rotatable bonds is 2. The van der Waals surface area contributed by atoms with Crippen LogP contribution in [0, 0.1) is 23.7 Å². The van der Waals surface area contributed by atoms with Crippen LogP contribution < -0.4 is 0 Å². The van der Waals surface area contributed by atoms with Crippen LogP contribution in [0.2, 0.25) is 0 Å². The first kappa shape index (κ1) is 13.0. The second-order valence-corrected chi connectivity index (χ2v) is 7.32. The van der Waals surface area contributed by atoms with Crippen LogP contribution >= 0.6 is 0 Å². The maximum atomic E-state index is 12.0. The van der Waals surface area contributed by atoms with Crippen molar-refractivity contribution in [3.63, 3.8) is 0 Å². The van der Waals surface area contributed by atoms with E-state index in [0.717, 1.165) is 12.3 Å². The van der Waals surface area contributed by atoms with Gasteiger partial charge in [-0.1, -0.05) is 0 Å². The SMILES string of the molecule is CC(C)(C)OC(=O)CC1CC2CC1C1OC=CCC21. The molecular formula is C16H24O3. The fraction of sp³-hybridized carbons (Fsp3) is 0.812. The maximum Gasteiger partial charge on any atom is 0.306 e. The van der Waals surface area contributed by atoms with Crippen LogP contribution in [-0.4, -0.2) is 17.7 Å². The standard InChI is InChI=1S/C16H24O3/c1-16(2,3)19-14(17)9-11-7-10-8-13(11)15-12(10)5-4-6-18-15/h4,6,10-13,15H,5,7-9H2,1-3H3. The minimum atomic E-state index is -0.374. The van der Waals surface area contributed by atoms with Crippen molar-refractivity contribution < 1.29 is 14.3 Å². The zero-order valence-corrected chi connectivity index (χ0v) is 12.1. The average molecular weight is 264 g/mol. The highest BCUT2D eigenvalue weighted by Gasteiger charge is 2.54. The molecule has 0 spiro atoms. The Morgan fingerprint density at radius 3 is 2.84 bits per heavy atom. The minimum absolute atomic E-state index is 0.0482. The van der Waals surface area contributed by atoms with Gasteiger partial charge in [-0.15, -0.1) is 0 Å². The van der Waals surface area contributed by atoms with E-state index in [1.165, 1.54) is 12.8 Å². The Kier molecular flexibility index (Phi) is 3.11. The first-order chi connectivity index (χ1) is 8.94. The van der Waals surface area contributed by atoms with Crippen molar-refractivity contribution in [1.29, 1.82) is 0 Å².